The number of anilines is 2. The molecule has 0 aromatic heterocycles. The molecule has 3 N–H and O–H groups in total. The zero-order valence-corrected chi connectivity index (χ0v) is 17.1. The molecule has 0 fully saturated rings. The van der Waals surface area contributed by atoms with E-state index in [0.29, 0.717) is 28.5 Å². The summed E-state index contributed by atoms with van der Waals surface area (Å²) in [5.74, 6) is -0.315. The summed E-state index contributed by atoms with van der Waals surface area (Å²) in [6.45, 7) is 0.661. The molecule has 0 bridgehead atoms. The fourth-order valence-electron chi connectivity index (χ4n) is 2.88. The first-order valence-corrected chi connectivity index (χ1v) is 10.2. The molecule has 1 aliphatic heterocycles. The smallest absolute Gasteiger partial charge is 0.276 e. The molecule has 0 spiro atoms. The van der Waals surface area contributed by atoms with Crippen molar-refractivity contribution in [1.29, 1.82) is 0 Å². The van der Waals surface area contributed by atoms with E-state index in [-0.39, 0.29) is 17.3 Å². The van der Waals surface area contributed by atoms with Crippen LogP contribution in [0.1, 0.15) is 11.1 Å². The van der Waals surface area contributed by atoms with E-state index < -0.39 is 0 Å². The standard InChI is InChI=1S/C21H16ClN5O2S/c22-14-7-5-13(6-8-14)12-23-30-15-9-10-17-16(11-15)20(21(28)24-17)26-25-18-3-1-2-4-19(18)27-29/h1-11,23,25H,12H2,(H,24,26,28). The van der Waals surface area contributed by atoms with Crippen molar-refractivity contribution in [3.05, 3.63) is 87.8 Å². The van der Waals surface area contributed by atoms with Crippen molar-refractivity contribution in [2.45, 2.75) is 11.4 Å². The van der Waals surface area contributed by atoms with Gasteiger partial charge in [-0.2, -0.15) is 5.10 Å². The minimum absolute atomic E-state index is 0.219. The predicted molar refractivity (Wildman–Crippen MR) is 121 cm³/mol. The van der Waals surface area contributed by atoms with Crippen molar-refractivity contribution in [2.75, 3.05) is 10.7 Å². The third-order valence-corrected chi connectivity index (χ3v) is 5.41. The number of nitrogens with one attached hydrogen (secondary N) is 3. The quantitative estimate of drug-likeness (QED) is 0.265. The molecule has 0 saturated carbocycles. The number of hydrazone groups is 1. The van der Waals surface area contributed by atoms with Crippen molar-refractivity contribution in [3.8, 4) is 0 Å². The lowest BCUT2D eigenvalue weighted by molar-refractivity contribution is -0.110. The molecule has 3 aromatic carbocycles. The third-order valence-electron chi connectivity index (χ3n) is 4.38. The van der Waals surface area contributed by atoms with Gasteiger partial charge in [-0.25, -0.2) is 0 Å². The van der Waals surface area contributed by atoms with Crippen molar-refractivity contribution in [3.63, 3.8) is 0 Å². The van der Waals surface area contributed by atoms with Gasteiger partial charge in [-0.15, -0.1) is 4.91 Å². The molecule has 4 rings (SSSR count). The molecular weight excluding hydrogens is 422 g/mol. The third kappa shape index (κ3) is 4.51. The number of rotatable bonds is 7. The van der Waals surface area contributed by atoms with Crippen molar-refractivity contribution >= 4 is 52.2 Å². The largest absolute Gasteiger partial charge is 0.320 e. The van der Waals surface area contributed by atoms with E-state index in [1.807, 2.05) is 42.5 Å². The van der Waals surface area contributed by atoms with Crippen molar-refractivity contribution in [2.24, 2.45) is 10.3 Å². The summed E-state index contributed by atoms with van der Waals surface area (Å²) in [5.41, 5.74) is 6.13. The highest BCUT2D eigenvalue weighted by Crippen LogP contribution is 2.29. The van der Waals surface area contributed by atoms with Gasteiger partial charge in [-0.05, 0) is 65.2 Å². The Morgan fingerprint density at radius 2 is 1.83 bits per heavy atom. The van der Waals surface area contributed by atoms with Crippen LogP contribution < -0.4 is 15.5 Å². The molecule has 7 nitrogen and oxygen atoms in total. The van der Waals surface area contributed by atoms with Gasteiger partial charge in [-0.1, -0.05) is 35.9 Å². The van der Waals surface area contributed by atoms with E-state index in [9.17, 15) is 9.70 Å². The van der Waals surface area contributed by atoms with Crippen molar-refractivity contribution < 1.29 is 4.79 Å². The molecule has 0 atom stereocenters. The van der Waals surface area contributed by atoms with Gasteiger partial charge in [0, 0.05) is 22.0 Å². The van der Waals surface area contributed by atoms with E-state index in [0.717, 1.165) is 10.5 Å². The average molecular weight is 438 g/mol. The number of halogens is 1. The molecular formula is C21H16ClN5O2S. The molecule has 1 amide bonds. The highest BCUT2D eigenvalue weighted by molar-refractivity contribution is 7.97. The summed E-state index contributed by atoms with van der Waals surface area (Å²) >= 11 is 7.36. The summed E-state index contributed by atoms with van der Waals surface area (Å²) < 4.78 is 3.29. The van der Waals surface area contributed by atoms with E-state index in [2.05, 4.69) is 25.7 Å². The Hall–Kier alpha value is -3.20. The summed E-state index contributed by atoms with van der Waals surface area (Å²) in [6.07, 6.45) is 0. The van der Waals surface area contributed by atoms with Crippen LogP contribution in [-0.2, 0) is 11.3 Å². The van der Waals surface area contributed by atoms with E-state index >= 15 is 0 Å². The first kappa shape index (κ1) is 20.1. The molecule has 0 unspecified atom stereocenters. The fourth-order valence-corrected chi connectivity index (χ4v) is 3.72. The van der Waals surface area contributed by atoms with E-state index in [1.165, 1.54) is 11.9 Å². The second-order valence-electron chi connectivity index (χ2n) is 6.39. The van der Waals surface area contributed by atoms with Crippen LogP contribution >= 0.6 is 23.5 Å². The maximum Gasteiger partial charge on any atom is 0.276 e. The SMILES string of the molecule is O=Nc1ccccc1N/N=C1\C(=O)Nc2ccc(SNCc3ccc(Cl)cc3)cc21. The topological polar surface area (TPSA) is 95.0 Å². The number of nitroso groups, excluding NO2 is 1. The summed E-state index contributed by atoms with van der Waals surface area (Å²) in [6, 6.07) is 20.0. The summed E-state index contributed by atoms with van der Waals surface area (Å²) in [5, 5.41) is 10.7. The van der Waals surface area contributed by atoms with Gasteiger partial charge in [0.25, 0.3) is 5.91 Å². The van der Waals surface area contributed by atoms with Crippen LogP contribution in [0.15, 0.2) is 81.9 Å². The number of benzene rings is 3. The van der Waals surface area contributed by atoms with Gasteiger partial charge in [0.15, 0.2) is 5.71 Å². The highest BCUT2D eigenvalue weighted by atomic mass is 35.5. The summed E-state index contributed by atoms with van der Waals surface area (Å²) in [4.78, 5) is 24.2. The molecule has 30 heavy (non-hydrogen) atoms. The first-order chi connectivity index (χ1) is 14.6. The van der Waals surface area contributed by atoms with Crippen LogP contribution in [0.3, 0.4) is 0 Å². The average Bonchev–Trinajstić information content (AvgIpc) is 3.08. The molecule has 0 saturated heterocycles. The zero-order valence-electron chi connectivity index (χ0n) is 15.6. The van der Waals surface area contributed by atoms with Gasteiger partial charge in [0.05, 0.1) is 11.4 Å². The molecule has 150 valence electrons. The number of fused-ring (bicyclic) bond motifs is 1. The van der Waals surface area contributed by atoms with Gasteiger partial charge < -0.3 is 5.32 Å². The number of hydrogen-bond donors (Lipinski definition) is 3. The minimum Gasteiger partial charge on any atom is -0.320 e. The Morgan fingerprint density at radius 3 is 2.63 bits per heavy atom. The number of nitrogens with zero attached hydrogens (tertiary/aromatic N) is 2. The Labute approximate surface area is 182 Å². The lowest BCUT2D eigenvalue weighted by atomic mass is 10.1. The van der Waals surface area contributed by atoms with Crippen LogP contribution in [0.2, 0.25) is 5.02 Å². The lowest BCUT2D eigenvalue weighted by Crippen LogP contribution is -2.15. The highest BCUT2D eigenvalue weighted by Gasteiger charge is 2.26. The molecule has 1 aliphatic rings. The summed E-state index contributed by atoms with van der Waals surface area (Å²) in [7, 11) is 0. The number of para-hydroxylation sites is 1. The van der Waals surface area contributed by atoms with Gasteiger partial charge >= 0.3 is 0 Å². The first-order valence-electron chi connectivity index (χ1n) is 9.00. The minimum atomic E-state index is -0.315. The maximum atomic E-state index is 12.3. The predicted octanol–water partition coefficient (Wildman–Crippen LogP) is 5.30. The number of carbonyl (C=O) groups is 1. The van der Waals surface area contributed by atoms with Gasteiger partial charge in [0.1, 0.15) is 5.69 Å². The zero-order chi connectivity index (χ0) is 20.9. The van der Waals surface area contributed by atoms with Crippen LogP contribution in [0.5, 0.6) is 0 Å². The number of hydrogen-bond acceptors (Lipinski definition) is 7. The van der Waals surface area contributed by atoms with Gasteiger partial charge in [0.2, 0.25) is 0 Å². The monoisotopic (exact) mass is 437 g/mol. The van der Waals surface area contributed by atoms with E-state index in [1.54, 1.807) is 24.3 Å². The van der Waals surface area contributed by atoms with Crippen molar-refractivity contribution in [1.82, 2.24) is 4.72 Å². The lowest BCUT2D eigenvalue weighted by Gasteiger charge is -2.07. The second kappa shape index (κ2) is 9.08. The van der Waals surface area contributed by atoms with Crippen LogP contribution in [0.4, 0.5) is 17.1 Å². The van der Waals surface area contributed by atoms with Crippen LogP contribution in [0, 0.1) is 4.91 Å². The van der Waals surface area contributed by atoms with Gasteiger partial charge in [-0.3, -0.25) is 14.9 Å². The van der Waals surface area contributed by atoms with E-state index in [4.69, 9.17) is 11.6 Å². The maximum absolute atomic E-state index is 12.3. The molecule has 1 heterocycles. The normalized spacial score (nSPS) is 13.8. The molecule has 0 aliphatic carbocycles. The molecule has 0 radical (unpaired) electrons. The van der Waals surface area contributed by atoms with Crippen LogP contribution in [-0.4, -0.2) is 11.6 Å². The fraction of sp³-hybridized carbons (Fsp3) is 0.0476. The van der Waals surface area contributed by atoms with Crippen LogP contribution in [0.25, 0.3) is 0 Å². The molecule has 3 aromatic rings. The Morgan fingerprint density at radius 1 is 1.03 bits per heavy atom. The Balaban J connectivity index is 1.48. The molecule has 9 heteroatoms. The second-order valence-corrected chi connectivity index (χ2v) is 7.79. The number of amides is 1. The Kier molecular flexibility index (Phi) is 6.08. The Bertz CT molecular complexity index is 1130. The number of carbonyl (C=O) groups excluding carboxylic acids is 1.